The number of carbonyl (C=O) groups is 1. The van der Waals surface area contributed by atoms with Crippen LogP contribution in [0.3, 0.4) is 0 Å². The molecule has 1 nitrogen and oxygen atoms in total. The van der Waals surface area contributed by atoms with Crippen LogP contribution in [0.15, 0.2) is 12.2 Å². The van der Waals surface area contributed by atoms with Crippen LogP contribution < -0.4 is 0 Å². The number of ketones is 1. The first-order chi connectivity index (χ1) is 4.52. The predicted octanol–water partition coefficient (Wildman–Crippen LogP) is 1.69. The summed E-state index contributed by atoms with van der Waals surface area (Å²) in [6, 6.07) is 0. The summed E-state index contributed by atoms with van der Waals surface area (Å²) < 4.78 is 34.6. The Balaban J connectivity index is 2.57. The maximum Gasteiger partial charge on any atom is 0.450 e. The Morgan fingerprint density at radius 1 is 1.50 bits per heavy atom. The molecule has 0 saturated heterocycles. The van der Waals surface area contributed by atoms with E-state index in [0.29, 0.717) is 0 Å². The van der Waals surface area contributed by atoms with Crippen molar-refractivity contribution in [3.8, 4) is 0 Å². The number of hydrogen-bond acceptors (Lipinski definition) is 1. The van der Waals surface area contributed by atoms with Gasteiger partial charge in [0, 0.05) is 5.92 Å². The molecule has 1 aliphatic rings. The molecule has 1 unspecified atom stereocenters. The molecule has 0 saturated carbocycles. The molecule has 0 spiro atoms. The van der Waals surface area contributed by atoms with E-state index in [1.165, 1.54) is 6.08 Å². The van der Waals surface area contributed by atoms with Gasteiger partial charge in [-0.1, -0.05) is 12.2 Å². The van der Waals surface area contributed by atoms with Gasteiger partial charge < -0.3 is 0 Å². The Morgan fingerprint density at radius 2 is 2.00 bits per heavy atom. The molecule has 0 N–H and O–H groups in total. The molecule has 0 amide bonds. The van der Waals surface area contributed by atoms with Crippen molar-refractivity contribution < 1.29 is 18.0 Å². The third-order valence-electron chi connectivity index (χ3n) is 1.37. The lowest BCUT2D eigenvalue weighted by Crippen LogP contribution is -2.31. The first kappa shape index (κ1) is 7.31. The van der Waals surface area contributed by atoms with Gasteiger partial charge in [-0.05, 0) is 6.42 Å². The van der Waals surface area contributed by atoms with E-state index in [1.54, 1.807) is 6.08 Å². The number of hydrogen-bond donors (Lipinski definition) is 0. The van der Waals surface area contributed by atoms with Gasteiger partial charge in [-0.2, -0.15) is 13.2 Å². The Labute approximate surface area is 55.5 Å². The Hall–Kier alpha value is -0.800. The molecular formula is C6H5F3O. The van der Waals surface area contributed by atoms with Crippen molar-refractivity contribution in [2.45, 2.75) is 12.6 Å². The Bertz CT molecular complexity index is 180. The van der Waals surface area contributed by atoms with Crippen LogP contribution in [-0.4, -0.2) is 12.0 Å². The number of halogens is 3. The van der Waals surface area contributed by atoms with Crippen molar-refractivity contribution in [1.29, 1.82) is 0 Å². The topological polar surface area (TPSA) is 17.1 Å². The lowest BCUT2D eigenvalue weighted by atomic mass is 9.91. The van der Waals surface area contributed by atoms with Crippen molar-refractivity contribution in [1.82, 2.24) is 0 Å². The van der Waals surface area contributed by atoms with E-state index in [9.17, 15) is 18.0 Å². The number of allylic oxidation sites excluding steroid dienone is 2. The number of rotatable bonds is 1. The second kappa shape index (κ2) is 2.11. The third kappa shape index (κ3) is 1.20. The molecule has 1 atom stereocenters. The highest BCUT2D eigenvalue weighted by Crippen LogP contribution is 2.27. The molecule has 0 aromatic rings. The zero-order valence-corrected chi connectivity index (χ0v) is 4.98. The fourth-order valence-electron chi connectivity index (χ4n) is 0.677. The molecule has 1 aliphatic carbocycles. The molecule has 0 aliphatic heterocycles. The summed E-state index contributed by atoms with van der Waals surface area (Å²) in [7, 11) is 0. The molecule has 0 aromatic heterocycles. The standard InChI is InChI=1S/C6H5F3O/c7-6(8,9)5(10)4-2-1-3-4/h1-2,4H,3H2. The van der Waals surface area contributed by atoms with Gasteiger partial charge >= 0.3 is 6.18 Å². The summed E-state index contributed by atoms with van der Waals surface area (Å²) in [6.07, 6.45) is -1.60. The lowest BCUT2D eigenvalue weighted by molar-refractivity contribution is -0.174. The molecular weight excluding hydrogens is 145 g/mol. The van der Waals surface area contributed by atoms with Crippen LogP contribution >= 0.6 is 0 Å². The summed E-state index contributed by atoms with van der Waals surface area (Å²) in [5.41, 5.74) is 0. The van der Waals surface area contributed by atoms with Crippen LogP contribution in [0.5, 0.6) is 0 Å². The van der Waals surface area contributed by atoms with Crippen molar-refractivity contribution in [3.05, 3.63) is 12.2 Å². The van der Waals surface area contributed by atoms with Crippen LogP contribution in [0, 0.1) is 5.92 Å². The quantitative estimate of drug-likeness (QED) is 0.520. The van der Waals surface area contributed by atoms with Crippen LogP contribution in [0.25, 0.3) is 0 Å². The Kier molecular flexibility index (Phi) is 1.54. The fourth-order valence-corrected chi connectivity index (χ4v) is 0.677. The maximum absolute atomic E-state index is 11.5. The summed E-state index contributed by atoms with van der Waals surface area (Å²) in [5.74, 6) is -2.53. The lowest BCUT2D eigenvalue weighted by Gasteiger charge is -2.17. The van der Waals surface area contributed by atoms with Gasteiger partial charge in [0.1, 0.15) is 0 Å². The van der Waals surface area contributed by atoms with Crippen LogP contribution in [0.1, 0.15) is 6.42 Å². The molecule has 4 heteroatoms. The molecule has 0 heterocycles. The van der Waals surface area contributed by atoms with Gasteiger partial charge in [0.05, 0.1) is 0 Å². The monoisotopic (exact) mass is 150 g/mol. The SMILES string of the molecule is O=C(C1C=CC1)C(F)(F)F. The smallest absolute Gasteiger partial charge is 0.289 e. The van der Waals surface area contributed by atoms with Gasteiger partial charge in [0.15, 0.2) is 0 Å². The van der Waals surface area contributed by atoms with E-state index >= 15 is 0 Å². The second-order valence-electron chi connectivity index (χ2n) is 2.13. The highest BCUT2D eigenvalue weighted by molar-refractivity contribution is 5.88. The summed E-state index contributed by atoms with van der Waals surface area (Å²) in [6.45, 7) is 0. The van der Waals surface area contributed by atoms with Crippen molar-refractivity contribution >= 4 is 5.78 Å². The highest BCUT2D eigenvalue weighted by Gasteiger charge is 2.43. The molecule has 0 aromatic carbocycles. The minimum atomic E-state index is -4.66. The number of Topliss-reactive ketones (excluding diaryl/α,β-unsaturated/α-hetero) is 1. The summed E-state index contributed by atoms with van der Waals surface area (Å²) >= 11 is 0. The highest BCUT2D eigenvalue weighted by atomic mass is 19.4. The van der Waals surface area contributed by atoms with Crippen LogP contribution in [-0.2, 0) is 4.79 Å². The maximum atomic E-state index is 11.5. The molecule has 56 valence electrons. The minimum Gasteiger partial charge on any atom is -0.289 e. The first-order valence-corrected chi connectivity index (χ1v) is 2.79. The van der Waals surface area contributed by atoms with Gasteiger partial charge in [-0.3, -0.25) is 4.79 Å². The number of carbonyl (C=O) groups excluding carboxylic acids is 1. The van der Waals surface area contributed by atoms with Gasteiger partial charge in [-0.25, -0.2) is 0 Å². The molecule has 0 fully saturated rings. The molecule has 0 radical (unpaired) electrons. The predicted molar refractivity (Wildman–Crippen MR) is 28.3 cm³/mol. The minimum absolute atomic E-state index is 0.234. The van der Waals surface area contributed by atoms with Crippen LogP contribution in [0.2, 0.25) is 0 Å². The molecule has 10 heavy (non-hydrogen) atoms. The fraction of sp³-hybridized carbons (Fsp3) is 0.500. The van der Waals surface area contributed by atoms with Gasteiger partial charge in [-0.15, -0.1) is 0 Å². The van der Waals surface area contributed by atoms with Crippen LogP contribution in [0.4, 0.5) is 13.2 Å². The van der Waals surface area contributed by atoms with E-state index < -0.39 is 17.9 Å². The van der Waals surface area contributed by atoms with E-state index in [0.717, 1.165) is 0 Å². The van der Waals surface area contributed by atoms with E-state index in [2.05, 4.69) is 0 Å². The first-order valence-electron chi connectivity index (χ1n) is 2.79. The molecule has 0 bridgehead atoms. The number of alkyl halides is 3. The third-order valence-corrected chi connectivity index (χ3v) is 1.37. The van der Waals surface area contributed by atoms with Gasteiger partial charge in [0.2, 0.25) is 5.78 Å². The van der Waals surface area contributed by atoms with E-state index in [-0.39, 0.29) is 6.42 Å². The van der Waals surface area contributed by atoms with Gasteiger partial charge in [0.25, 0.3) is 0 Å². The second-order valence-corrected chi connectivity index (χ2v) is 2.13. The normalized spacial score (nSPS) is 24.1. The largest absolute Gasteiger partial charge is 0.450 e. The van der Waals surface area contributed by atoms with Crippen molar-refractivity contribution in [2.24, 2.45) is 5.92 Å². The van der Waals surface area contributed by atoms with Crippen molar-refractivity contribution in [2.75, 3.05) is 0 Å². The van der Waals surface area contributed by atoms with E-state index in [1.807, 2.05) is 0 Å². The average Bonchev–Trinajstić information content (AvgIpc) is 1.57. The zero-order chi connectivity index (χ0) is 7.78. The Morgan fingerprint density at radius 3 is 2.10 bits per heavy atom. The summed E-state index contributed by atoms with van der Waals surface area (Å²) in [5, 5.41) is 0. The average molecular weight is 150 g/mol. The van der Waals surface area contributed by atoms with Crippen molar-refractivity contribution in [3.63, 3.8) is 0 Å². The zero-order valence-electron chi connectivity index (χ0n) is 4.98. The molecule has 1 rings (SSSR count). The summed E-state index contributed by atoms with van der Waals surface area (Å²) in [4.78, 5) is 10.3. The van der Waals surface area contributed by atoms with E-state index in [4.69, 9.17) is 0 Å².